The van der Waals surface area contributed by atoms with Gasteiger partial charge in [-0.1, -0.05) is 0 Å². The normalized spacial score (nSPS) is 12.1. The first kappa shape index (κ1) is 16.0. The van der Waals surface area contributed by atoms with E-state index < -0.39 is 38.4 Å². The summed E-state index contributed by atoms with van der Waals surface area (Å²) >= 11 is 0. The van der Waals surface area contributed by atoms with Crippen molar-refractivity contribution < 1.29 is 26.7 Å². The van der Waals surface area contributed by atoms with E-state index in [1.807, 2.05) is 0 Å². The highest BCUT2D eigenvalue weighted by Gasteiger charge is 2.25. The van der Waals surface area contributed by atoms with Gasteiger partial charge < -0.3 is 9.47 Å². The summed E-state index contributed by atoms with van der Waals surface area (Å²) in [4.78, 5) is -0.683. The molecular formula is C12H16F2O4S. The molecule has 1 aromatic carbocycles. The summed E-state index contributed by atoms with van der Waals surface area (Å²) in [5, 5.41) is 0. The summed E-state index contributed by atoms with van der Waals surface area (Å²) in [6.07, 6.45) is -0.998. The summed E-state index contributed by atoms with van der Waals surface area (Å²) in [5.74, 6) is -2.37. The molecule has 0 amide bonds. The fraction of sp³-hybridized carbons (Fsp3) is 0.500. The van der Waals surface area contributed by atoms with E-state index >= 15 is 0 Å². The average Bonchev–Trinajstić information content (AvgIpc) is 2.32. The Morgan fingerprint density at radius 1 is 1.16 bits per heavy atom. The molecule has 108 valence electrons. The molecular weight excluding hydrogens is 278 g/mol. The predicted octanol–water partition coefficient (Wildman–Crippen LogP) is 2.14. The Hall–Kier alpha value is -1.05. The second-order valence-corrected chi connectivity index (χ2v) is 5.70. The van der Waals surface area contributed by atoms with E-state index in [-0.39, 0.29) is 13.2 Å². The maximum atomic E-state index is 13.5. The molecule has 0 radical (unpaired) electrons. The number of hydrogen-bond donors (Lipinski definition) is 0. The Labute approximate surface area is 111 Å². The van der Waals surface area contributed by atoms with Crippen molar-refractivity contribution in [1.82, 2.24) is 0 Å². The van der Waals surface area contributed by atoms with Gasteiger partial charge in [-0.25, -0.2) is 17.2 Å². The molecule has 4 nitrogen and oxygen atoms in total. The van der Waals surface area contributed by atoms with Crippen LogP contribution in [0.2, 0.25) is 0 Å². The maximum Gasteiger partial charge on any atom is 0.186 e. The van der Waals surface area contributed by atoms with E-state index in [1.165, 1.54) is 0 Å². The van der Waals surface area contributed by atoms with Crippen molar-refractivity contribution in [3.8, 4) is 0 Å². The van der Waals surface area contributed by atoms with E-state index in [0.717, 1.165) is 12.1 Å². The second-order valence-electron chi connectivity index (χ2n) is 3.70. The minimum Gasteiger partial charge on any atom is -0.352 e. The third kappa shape index (κ3) is 4.52. The van der Waals surface area contributed by atoms with Crippen LogP contribution in [0.5, 0.6) is 0 Å². The van der Waals surface area contributed by atoms with Crippen LogP contribution in [0.3, 0.4) is 0 Å². The monoisotopic (exact) mass is 294 g/mol. The highest BCUT2D eigenvalue weighted by atomic mass is 32.2. The molecule has 0 saturated carbocycles. The summed E-state index contributed by atoms with van der Waals surface area (Å²) in [5.41, 5.74) is 0. The molecule has 0 saturated heterocycles. The van der Waals surface area contributed by atoms with Gasteiger partial charge in [0, 0.05) is 13.2 Å². The van der Waals surface area contributed by atoms with Gasteiger partial charge in [-0.2, -0.15) is 0 Å². The van der Waals surface area contributed by atoms with Crippen molar-refractivity contribution in [2.24, 2.45) is 0 Å². The molecule has 0 bridgehead atoms. The van der Waals surface area contributed by atoms with Gasteiger partial charge in [0.2, 0.25) is 0 Å². The SMILES string of the molecule is CCOC(CS(=O)(=O)c1cc(F)ccc1F)OCC. The molecule has 1 aromatic rings. The van der Waals surface area contributed by atoms with Crippen LogP contribution in [0.15, 0.2) is 23.1 Å². The Morgan fingerprint density at radius 3 is 2.26 bits per heavy atom. The van der Waals surface area contributed by atoms with Crippen molar-refractivity contribution in [2.75, 3.05) is 19.0 Å². The van der Waals surface area contributed by atoms with Crippen LogP contribution in [0, 0.1) is 11.6 Å². The fourth-order valence-electron chi connectivity index (χ4n) is 1.50. The number of halogens is 2. The Morgan fingerprint density at radius 2 is 1.74 bits per heavy atom. The van der Waals surface area contributed by atoms with Gasteiger partial charge in [0.25, 0.3) is 0 Å². The van der Waals surface area contributed by atoms with Gasteiger partial charge in [0.05, 0.1) is 0 Å². The van der Waals surface area contributed by atoms with Crippen LogP contribution >= 0.6 is 0 Å². The summed E-state index contributed by atoms with van der Waals surface area (Å²) in [6, 6.07) is 2.29. The lowest BCUT2D eigenvalue weighted by molar-refractivity contribution is -0.120. The lowest BCUT2D eigenvalue weighted by Crippen LogP contribution is -2.27. The van der Waals surface area contributed by atoms with Gasteiger partial charge in [-0.15, -0.1) is 0 Å². The number of sulfone groups is 1. The molecule has 0 spiro atoms. The molecule has 0 aromatic heterocycles. The molecule has 0 fully saturated rings. The van der Waals surface area contributed by atoms with Crippen LogP contribution in [0.25, 0.3) is 0 Å². The molecule has 0 atom stereocenters. The highest BCUT2D eigenvalue weighted by molar-refractivity contribution is 7.91. The minimum atomic E-state index is -4.02. The van der Waals surface area contributed by atoms with Gasteiger partial charge >= 0.3 is 0 Å². The summed E-state index contributed by atoms with van der Waals surface area (Å²) < 4.78 is 60.7. The van der Waals surface area contributed by atoms with Crippen LogP contribution in [-0.4, -0.2) is 33.7 Å². The van der Waals surface area contributed by atoms with Crippen molar-refractivity contribution >= 4 is 9.84 Å². The van der Waals surface area contributed by atoms with E-state index in [2.05, 4.69) is 0 Å². The molecule has 0 aliphatic heterocycles. The minimum absolute atomic E-state index is 0.256. The van der Waals surface area contributed by atoms with Crippen LogP contribution in [0.4, 0.5) is 8.78 Å². The van der Waals surface area contributed by atoms with Gasteiger partial charge in [-0.05, 0) is 32.0 Å². The Balaban J connectivity index is 2.99. The Kier molecular flexibility index (Phi) is 5.84. The van der Waals surface area contributed by atoms with Crippen LogP contribution < -0.4 is 0 Å². The zero-order valence-corrected chi connectivity index (χ0v) is 11.5. The molecule has 0 aliphatic carbocycles. The highest BCUT2D eigenvalue weighted by Crippen LogP contribution is 2.19. The van der Waals surface area contributed by atoms with Crippen molar-refractivity contribution in [3.05, 3.63) is 29.8 Å². The average molecular weight is 294 g/mol. The van der Waals surface area contributed by atoms with Gasteiger partial charge in [0.15, 0.2) is 16.1 Å². The molecule has 0 aliphatic rings. The van der Waals surface area contributed by atoms with E-state index in [9.17, 15) is 17.2 Å². The predicted molar refractivity (Wildman–Crippen MR) is 65.5 cm³/mol. The summed E-state index contributed by atoms with van der Waals surface area (Å²) in [6.45, 7) is 3.88. The maximum absolute atomic E-state index is 13.5. The van der Waals surface area contributed by atoms with Crippen LogP contribution in [0.1, 0.15) is 13.8 Å². The van der Waals surface area contributed by atoms with Gasteiger partial charge in [0.1, 0.15) is 22.3 Å². The number of hydrogen-bond acceptors (Lipinski definition) is 4. The first-order chi connectivity index (χ1) is 8.90. The number of benzene rings is 1. The molecule has 1 rings (SSSR count). The molecule has 7 heteroatoms. The number of rotatable bonds is 7. The Bertz CT molecular complexity index is 510. The zero-order valence-electron chi connectivity index (χ0n) is 10.7. The third-order valence-electron chi connectivity index (χ3n) is 2.29. The van der Waals surface area contributed by atoms with E-state index in [1.54, 1.807) is 13.8 Å². The first-order valence-corrected chi connectivity index (χ1v) is 7.47. The molecule has 19 heavy (non-hydrogen) atoms. The third-order valence-corrected chi connectivity index (χ3v) is 3.98. The lowest BCUT2D eigenvalue weighted by atomic mass is 10.3. The van der Waals surface area contributed by atoms with E-state index in [4.69, 9.17) is 9.47 Å². The van der Waals surface area contributed by atoms with Crippen molar-refractivity contribution in [1.29, 1.82) is 0 Å². The number of ether oxygens (including phenoxy) is 2. The largest absolute Gasteiger partial charge is 0.352 e. The first-order valence-electron chi connectivity index (χ1n) is 5.81. The van der Waals surface area contributed by atoms with E-state index in [0.29, 0.717) is 6.07 Å². The zero-order chi connectivity index (χ0) is 14.5. The second kappa shape index (κ2) is 6.93. The lowest BCUT2D eigenvalue weighted by Gasteiger charge is -2.17. The quantitative estimate of drug-likeness (QED) is 0.723. The summed E-state index contributed by atoms with van der Waals surface area (Å²) in [7, 11) is -4.02. The topological polar surface area (TPSA) is 52.6 Å². The van der Waals surface area contributed by atoms with Crippen molar-refractivity contribution in [3.63, 3.8) is 0 Å². The fourth-order valence-corrected chi connectivity index (χ4v) is 2.89. The van der Waals surface area contributed by atoms with Crippen molar-refractivity contribution in [2.45, 2.75) is 25.0 Å². The standard InChI is InChI=1S/C12H16F2O4S/c1-3-17-12(18-4-2)8-19(15,16)11-7-9(13)5-6-10(11)14/h5-7,12H,3-4,8H2,1-2H3. The smallest absolute Gasteiger partial charge is 0.186 e. The van der Waals surface area contributed by atoms with Gasteiger partial charge in [-0.3, -0.25) is 0 Å². The molecule has 0 heterocycles. The molecule has 0 unspecified atom stereocenters. The van der Waals surface area contributed by atoms with Crippen LogP contribution in [-0.2, 0) is 19.3 Å². The molecule has 0 N–H and O–H groups in total.